The zero-order valence-corrected chi connectivity index (χ0v) is 12.2. The van der Waals surface area contributed by atoms with Gasteiger partial charge in [-0.05, 0) is 36.4 Å². The molecule has 2 aromatic rings. The highest BCUT2D eigenvalue weighted by atomic mass is 79.9. The van der Waals surface area contributed by atoms with Gasteiger partial charge in [0.15, 0.2) is 0 Å². The van der Waals surface area contributed by atoms with E-state index in [-0.39, 0.29) is 0 Å². The number of rotatable bonds is 5. The fourth-order valence-electron chi connectivity index (χ4n) is 1.48. The third-order valence-electron chi connectivity index (χ3n) is 2.27. The second-order valence-electron chi connectivity index (χ2n) is 3.73. The van der Waals surface area contributed by atoms with Crippen molar-refractivity contribution in [2.45, 2.75) is 4.90 Å². The Hall–Kier alpha value is -1.13. The smallest absolute Gasteiger partial charge is 0.120 e. The molecular weight excluding hydrogens is 310 g/mol. The van der Waals surface area contributed by atoms with E-state index in [1.54, 1.807) is 11.8 Å². The van der Waals surface area contributed by atoms with E-state index in [2.05, 4.69) is 22.0 Å². The van der Waals surface area contributed by atoms with Gasteiger partial charge in [0.05, 0.1) is 6.61 Å². The molecule has 0 amide bonds. The summed E-state index contributed by atoms with van der Waals surface area (Å²) in [5.41, 5.74) is 6.52. The van der Waals surface area contributed by atoms with Crippen LogP contribution in [-0.2, 0) is 0 Å². The van der Waals surface area contributed by atoms with Gasteiger partial charge in [-0.1, -0.05) is 28.1 Å². The molecule has 4 heteroatoms. The molecule has 0 radical (unpaired) electrons. The maximum atomic E-state index is 5.72. The van der Waals surface area contributed by atoms with Crippen LogP contribution in [0.25, 0.3) is 0 Å². The largest absolute Gasteiger partial charge is 0.493 e. The van der Waals surface area contributed by atoms with E-state index < -0.39 is 0 Å². The molecule has 0 bridgehead atoms. The number of thioether (sulfide) groups is 1. The number of anilines is 1. The van der Waals surface area contributed by atoms with E-state index >= 15 is 0 Å². The van der Waals surface area contributed by atoms with Crippen molar-refractivity contribution in [2.75, 3.05) is 18.1 Å². The highest BCUT2D eigenvalue weighted by Crippen LogP contribution is 2.21. The Morgan fingerprint density at radius 3 is 2.72 bits per heavy atom. The van der Waals surface area contributed by atoms with Crippen molar-refractivity contribution >= 4 is 33.4 Å². The molecule has 94 valence electrons. The Morgan fingerprint density at radius 1 is 1.11 bits per heavy atom. The van der Waals surface area contributed by atoms with Crippen LogP contribution in [0.2, 0.25) is 0 Å². The summed E-state index contributed by atoms with van der Waals surface area (Å²) < 4.78 is 6.69. The van der Waals surface area contributed by atoms with Gasteiger partial charge in [0.25, 0.3) is 0 Å². The predicted octanol–water partition coefficient (Wildman–Crippen LogP) is 4.20. The molecule has 0 atom stereocenters. The number of ether oxygens (including phenoxy) is 1. The van der Waals surface area contributed by atoms with Gasteiger partial charge in [0, 0.05) is 20.8 Å². The molecule has 0 aliphatic rings. The highest BCUT2D eigenvalue weighted by molar-refractivity contribution is 9.10. The minimum absolute atomic E-state index is 0.677. The average molecular weight is 324 g/mol. The fraction of sp³-hybridized carbons (Fsp3) is 0.143. The number of halogens is 1. The summed E-state index contributed by atoms with van der Waals surface area (Å²) in [7, 11) is 0. The Kier molecular flexibility index (Phi) is 4.96. The van der Waals surface area contributed by atoms with Crippen molar-refractivity contribution in [3.8, 4) is 5.75 Å². The van der Waals surface area contributed by atoms with Crippen molar-refractivity contribution < 1.29 is 4.74 Å². The molecule has 0 spiro atoms. The van der Waals surface area contributed by atoms with Gasteiger partial charge in [-0.15, -0.1) is 11.8 Å². The first kappa shape index (κ1) is 13.3. The summed E-state index contributed by atoms with van der Waals surface area (Å²) >= 11 is 5.16. The molecule has 0 saturated heterocycles. The van der Waals surface area contributed by atoms with Crippen molar-refractivity contribution in [2.24, 2.45) is 0 Å². The summed E-state index contributed by atoms with van der Waals surface area (Å²) in [6, 6.07) is 15.7. The Balaban J connectivity index is 1.76. The molecule has 2 N–H and O–H groups in total. The van der Waals surface area contributed by atoms with Crippen LogP contribution in [0.1, 0.15) is 0 Å². The molecule has 2 aromatic carbocycles. The van der Waals surface area contributed by atoms with E-state index in [1.807, 2.05) is 42.5 Å². The minimum atomic E-state index is 0.677. The zero-order valence-electron chi connectivity index (χ0n) is 9.80. The monoisotopic (exact) mass is 323 g/mol. The van der Waals surface area contributed by atoms with E-state index in [1.165, 1.54) is 4.90 Å². The summed E-state index contributed by atoms with van der Waals surface area (Å²) in [6.07, 6.45) is 0. The number of hydrogen-bond acceptors (Lipinski definition) is 3. The molecule has 0 heterocycles. The van der Waals surface area contributed by atoms with E-state index in [9.17, 15) is 0 Å². The van der Waals surface area contributed by atoms with E-state index in [4.69, 9.17) is 10.5 Å². The molecule has 18 heavy (non-hydrogen) atoms. The van der Waals surface area contributed by atoms with Gasteiger partial charge in [0.2, 0.25) is 0 Å². The van der Waals surface area contributed by atoms with Crippen LogP contribution in [0.3, 0.4) is 0 Å². The van der Waals surface area contributed by atoms with Crippen molar-refractivity contribution in [3.63, 3.8) is 0 Å². The Bertz CT molecular complexity index is 471. The molecule has 0 unspecified atom stereocenters. The molecule has 0 fully saturated rings. The van der Waals surface area contributed by atoms with Crippen LogP contribution in [0.15, 0.2) is 57.9 Å². The molecule has 0 saturated carbocycles. The molecular formula is C14H14BrNOS. The molecule has 0 aromatic heterocycles. The summed E-state index contributed by atoms with van der Waals surface area (Å²) in [5, 5.41) is 0. The lowest BCUT2D eigenvalue weighted by Crippen LogP contribution is -1.99. The first-order valence-electron chi connectivity index (χ1n) is 5.61. The first-order valence-corrected chi connectivity index (χ1v) is 7.38. The average Bonchev–Trinajstić information content (AvgIpc) is 2.35. The van der Waals surface area contributed by atoms with Crippen LogP contribution in [-0.4, -0.2) is 12.4 Å². The van der Waals surface area contributed by atoms with E-state index in [0.29, 0.717) is 6.61 Å². The lowest BCUT2D eigenvalue weighted by atomic mass is 10.3. The van der Waals surface area contributed by atoms with Gasteiger partial charge in [-0.3, -0.25) is 0 Å². The quantitative estimate of drug-likeness (QED) is 0.508. The molecule has 2 nitrogen and oxygen atoms in total. The topological polar surface area (TPSA) is 35.2 Å². The lowest BCUT2D eigenvalue weighted by Gasteiger charge is -2.06. The second kappa shape index (κ2) is 6.71. The maximum Gasteiger partial charge on any atom is 0.120 e. The van der Waals surface area contributed by atoms with Crippen LogP contribution in [0.5, 0.6) is 5.75 Å². The van der Waals surface area contributed by atoms with Gasteiger partial charge < -0.3 is 10.5 Å². The third kappa shape index (κ3) is 4.27. The molecule has 2 rings (SSSR count). The van der Waals surface area contributed by atoms with E-state index in [0.717, 1.165) is 21.7 Å². The van der Waals surface area contributed by atoms with Gasteiger partial charge in [0.1, 0.15) is 5.75 Å². The maximum absolute atomic E-state index is 5.72. The van der Waals surface area contributed by atoms with Crippen LogP contribution in [0.4, 0.5) is 5.69 Å². The number of benzene rings is 2. The lowest BCUT2D eigenvalue weighted by molar-refractivity contribution is 0.344. The van der Waals surface area contributed by atoms with Crippen LogP contribution < -0.4 is 10.5 Å². The minimum Gasteiger partial charge on any atom is -0.493 e. The summed E-state index contributed by atoms with van der Waals surface area (Å²) in [5.74, 6) is 1.79. The summed E-state index contributed by atoms with van der Waals surface area (Å²) in [6.45, 7) is 0.677. The number of nitrogens with two attached hydrogens (primary N) is 1. The fourth-order valence-corrected chi connectivity index (χ4v) is 2.65. The molecule has 0 aliphatic heterocycles. The highest BCUT2D eigenvalue weighted by Gasteiger charge is 1.97. The number of nitrogen functional groups attached to an aromatic ring is 1. The Labute approximate surface area is 120 Å². The van der Waals surface area contributed by atoms with Crippen LogP contribution >= 0.6 is 27.7 Å². The second-order valence-corrected chi connectivity index (χ2v) is 5.81. The third-order valence-corrected chi connectivity index (χ3v) is 3.73. The van der Waals surface area contributed by atoms with Gasteiger partial charge >= 0.3 is 0 Å². The Morgan fingerprint density at radius 2 is 1.94 bits per heavy atom. The van der Waals surface area contributed by atoms with Gasteiger partial charge in [-0.25, -0.2) is 0 Å². The normalized spacial score (nSPS) is 10.3. The zero-order chi connectivity index (χ0) is 12.8. The first-order chi connectivity index (χ1) is 8.74. The number of hydrogen-bond donors (Lipinski definition) is 1. The van der Waals surface area contributed by atoms with Crippen LogP contribution in [0, 0.1) is 0 Å². The SMILES string of the molecule is Nc1cccc(SCCOc2cccc(Br)c2)c1. The van der Waals surface area contributed by atoms with Crippen molar-refractivity contribution in [1.29, 1.82) is 0 Å². The predicted molar refractivity (Wildman–Crippen MR) is 81.2 cm³/mol. The molecule has 0 aliphatic carbocycles. The van der Waals surface area contributed by atoms with Crippen molar-refractivity contribution in [1.82, 2.24) is 0 Å². The van der Waals surface area contributed by atoms with Crippen molar-refractivity contribution in [3.05, 3.63) is 53.0 Å². The standard InChI is InChI=1S/C14H14BrNOS/c15-11-3-1-5-13(9-11)17-7-8-18-14-6-2-4-12(16)10-14/h1-6,9-10H,7-8,16H2. The summed E-state index contributed by atoms with van der Waals surface area (Å²) in [4.78, 5) is 1.17. The van der Waals surface area contributed by atoms with Gasteiger partial charge in [-0.2, -0.15) is 0 Å².